The third-order valence-corrected chi connectivity index (χ3v) is 4.66. The summed E-state index contributed by atoms with van der Waals surface area (Å²) < 4.78 is 5.95. The number of hydrogen-bond acceptors (Lipinski definition) is 5. The van der Waals surface area contributed by atoms with Gasteiger partial charge in [-0.2, -0.15) is 4.98 Å². The molecule has 5 heteroatoms. The van der Waals surface area contributed by atoms with Gasteiger partial charge in [-0.05, 0) is 25.0 Å². The first-order valence-electron chi connectivity index (χ1n) is 9.35. The average Bonchev–Trinajstić information content (AvgIpc) is 2.71. The van der Waals surface area contributed by atoms with Gasteiger partial charge >= 0.3 is 0 Å². The molecule has 0 aliphatic carbocycles. The Morgan fingerprint density at radius 1 is 0.893 bits per heavy atom. The smallest absolute Gasteiger partial charge is 0.223 e. The molecule has 0 amide bonds. The van der Waals surface area contributed by atoms with E-state index in [4.69, 9.17) is 15.5 Å². The maximum atomic E-state index is 5.95. The molecule has 0 aliphatic rings. The van der Waals surface area contributed by atoms with E-state index in [1.165, 1.54) is 5.56 Å². The maximum Gasteiger partial charge on any atom is 0.223 e. The van der Waals surface area contributed by atoms with Crippen LogP contribution in [0.4, 0.5) is 5.95 Å². The molecule has 0 unspecified atom stereocenters. The molecule has 4 aromatic rings. The van der Waals surface area contributed by atoms with Crippen LogP contribution in [0.3, 0.4) is 0 Å². The number of rotatable bonds is 5. The number of nitrogen functional groups attached to an aromatic ring is 1. The minimum Gasteiger partial charge on any atom is -0.473 e. The third kappa shape index (κ3) is 3.64. The summed E-state index contributed by atoms with van der Waals surface area (Å²) in [5, 5.41) is 1.11. The topological polar surface area (TPSA) is 73.9 Å². The fourth-order valence-electron chi connectivity index (χ4n) is 3.33. The largest absolute Gasteiger partial charge is 0.473 e. The quantitative estimate of drug-likeness (QED) is 0.550. The first kappa shape index (κ1) is 17.9. The molecule has 0 saturated carbocycles. The Labute approximate surface area is 164 Å². The van der Waals surface area contributed by atoms with Crippen molar-refractivity contribution in [1.82, 2.24) is 15.0 Å². The molecule has 0 aliphatic heterocycles. The molecule has 140 valence electrons. The number of hydrogen-bond donors (Lipinski definition) is 1. The monoisotopic (exact) mass is 370 g/mol. The van der Waals surface area contributed by atoms with E-state index in [9.17, 15) is 0 Å². The molecule has 0 bridgehead atoms. The van der Waals surface area contributed by atoms with Crippen molar-refractivity contribution in [1.29, 1.82) is 0 Å². The zero-order valence-corrected chi connectivity index (χ0v) is 16.0. The van der Waals surface area contributed by atoms with Crippen LogP contribution in [-0.4, -0.2) is 15.0 Å². The van der Waals surface area contributed by atoms with Crippen molar-refractivity contribution in [3.05, 3.63) is 77.5 Å². The van der Waals surface area contributed by atoms with Crippen molar-refractivity contribution in [3.8, 4) is 17.1 Å². The lowest BCUT2D eigenvalue weighted by Crippen LogP contribution is -2.04. The Hall–Kier alpha value is -3.47. The van der Waals surface area contributed by atoms with Crippen molar-refractivity contribution < 1.29 is 4.74 Å². The third-order valence-electron chi connectivity index (χ3n) is 4.66. The summed E-state index contributed by atoms with van der Waals surface area (Å²) in [6, 6.07) is 20.4. The van der Waals surface area contributed by atoms with E-state index in [0.29, 0.717) is 12.5 Å². The van der Waals surface area contributed by atoms with Gasteiger partial charge in [0, 0.05) is 28.3 Å². The number of ether oxygens (including phenoxy) is 1. The first-order chi connectivity index (χ1) is 13.6. The van der Waals surface area contributed by atoms with Crippen molar-refractivity contribution in [2.45, 2.75) is 26.9 Å². The SMILES string of the molecule is CCc1cccc2cc(COc3cc(C)nc(N)n3)c(-c3ccccc3)nc12. The second-order valence-corrected chi connectivity index (χ2v) is 6.70. The van der Waals surface area contributed by atoms with Gasteiger partial charge in [0.1, 0.15) is 6.61 Å². The second kappa shape index (κ2) is 7.64. The number of aryl methyl sites for hydroxylation is 2. The van der Waals surface area contributed by atoms with Crippen LogP contribution in [0.5, 0.6) is 5.88 Å². The normalized spacial score (nSPS) is 10.9. The van der Waals surface area contributed by atoms with E-state index in [1.54, 1.807) is 6.07 Å². The van der Waals surface area contributed by atoms with Gasteiger partial charge in [0.15, 0.2) is 0 Å². The van der Waals surface area contributed by atoms with Gasteiger partial charge in [-0.25, -0.2) is 9.97 Å². The molecule has 4 rings (SSSR count). The van der Waals surface area contributed by atoms with Crippen molar-refractivity contribution in [2.75, 3.05) is 5.73 Å². The molecule has 2 aromatic heterocycles. The molecule has 0 radical (unpaired) electrons. The van der Waals surface area contributed by atoms with Crippen molar-refractivity contribution >= 4 is 16.9 Å². The summed E-state index contributed by atoms with van der Waals surface area (Å²) in [4.78, 5) is 13.3. The fraction of sp³-hybridized carbons (Fsp3) is 0.174. The lowest BCUT2D eigenvalue weighted by Gasteiger charge is -2.14. The number of nitrogens with two attached hydrogens (primary N) is 1. The Kier molecular flexibility index (Phi) is 4.89. The molecule has 0 atom stereocenters. The molecule has 0 fully saturated rings. The summed E-state index contributed by atoms with van der Waals surface area (Å²) in [5.74, 6) is 0.675. The lowest BCUT2D eigenvalue weighted by molar-refractivity contribution is 0.294. The average molecular weight is 370 g/mol. The Morgan fingerprint density at radius 3 is 2.46 bits per heavy atom. The number of anilines is 1. The predicted octanol–water partition coefficient (Wildman–Crippen LogP) is 4.72. The van der Waals surface area contributed by atoms with Gasteiger partial charge in [-0.15, -0.1) is 0 Å². The van der Waals surface area contributed by atoms with E-state index >= 15 is 0 Å². The van der Waals surface area contributed by atoms with Crippen LogP contribution in [0.25, 0.3) is 22.2 Å². The van der Waals surface area contributed by atoms with Gasteiger partial charge in [0.2, 0.25) is 11.8 Å². The van der Waals surface area contributed by atoms with Crippen LogP contribution in [0.2, 0.25) is 0 Å². The molecule has 0 spiro atoms. The van der Waals surface area contributed by atoms with Crippen LogP contribution in [0.1, 0.15) is 23.7 Å². The molecular weight excluding hydrogens is 348 g/mol. The molecule has 2 N–H and O–H groups in total. The molecule has 2 heterocycles. The van der Waals surface area contributed by atoms with Crippen molar-refractivity contribution in [3.63, 3.8) is 0 Å². The van der Waals surface area contributed by atoms with Crippen LogP contribution < -0.4 is 10.5 Å². The Morgan fingerprint density at radius 2 is 1.71 bits per heavy atom. The summed E-state index contributed by atoms with van der Waals surface area (Å²) in [6.45, 7) is 4.36. The summed E-state index contributed by atoms with van der Waals surface area (Å²) >= 11 is 0. The molecule has 28 heavy (non-hydrogen) atoms. The Balaban J connectivity index is 1.79. The maximum absolute atomic E-state index is 5.95. The van der Waals surface area contributed by atoms with Crippen LogP contribution >= 0.6 is 0 Å². The second-order valence-electron chi connectivity index (χ2n) is 6.70. The molecule has 0 saturated heterocycles. The van der Waals surface area contributed by atoms with Gasteiger partial charge in [0.05, 0.1) is 11.2 Å². The molecule has 2 aromatic carbocycles. The zero-order chi connectivity index (χ0) is 19.5. The van der Waals surface area contributed by atoms with Gasteiger partial charge in [-0.1, -0.05) is 55.5 Å². The van der Waals surface area contributed by atoms with E-state index in [1.807, 2.05) is 25.1 Å². The number of pyridine rings is 1. The van der Waals surface area contributed by atoms with E-state index in [2.05, 4.69) is 53.3 Å². The number of para-hydroxylation sites is 1. The van der Waals surface area contributed by atoms with E-state index in [0.717, 1.165) is 39.8 Å². The minimum absolute atomic E-state index is 0.211. The number of nitrogens with zero attached hydrogens (tertiary/aromatic N) is 3. The van der Waals surface area contributed by atoms with Gasteiger partial charge < -0.3 is 10.5 Å². The van der Waals surface area contributed by atoms with Gasteiger partial charge in [0.25, 0.3) is 0 Å². The van der Waals surface area contributed by atoms with Crippen molar-refractivity contribution in [2.24, 2.45) is 0 Å². The molecular formula is C23H22N4O. The Bertz CT molecular complexity index is 1110. The lowest BCUT2D eigenvalue weighted by atomic mass is 10.0. The zero-order valence-electron chi connectivity index (χ0n) is 16.0. The minimum atomic E-state index is 0.211. The summed E-state index contributed by atoms with van der Waals surface area (Å²) in [6.07, 6.45) is 0.938. The number of fused-ring (bicyclic) bond motifs is 1. The van der Waals surface area contributed by atoms with Crippen LogP contribution in [-0.2, 0) is 13.0 Å². The van der Waals surface area contributed by atoms with Gasteiger partial charge in [-0.3, -0.25) is 0 Å². The highest BCUT2D eigenvalue weighted by Gasteiger charge is 2.12. The number of aromatic nitrogens is 3. The highest BCUT2D eigenvalue weighted by molar-refractivity contribution is 5.86. The fourth-order valence-corrected chi connectivity index (χ4v) is 3.33. The predicted molar refractivity (Wildman–Crippen MR) is 112 cm³/mol. The number of benzene rings is 2. The first-order valence-corrected chi connectivity index (χ1v) is 9.35. The summed E-state index contributed by atoms with van der Waals surface area (Å²) in [7, 11) is 0. The highest BCUT2D eigenvalue weighted by Crippen LogP contribution is 2.28. The summed E-state index contributed by atoms with van der Waals surface area (Å²) in [5.41, 5.74) is 11.8. The van der Waals surface area contributed by atoms with E-state index in [-0.39, 0.29) is 5.95 Å². The highest BCUT2D eigenvalue weighted by atomic mass is 16.5. The molecule has 5 nitrogen and oxygen atoms in total. The standard InChI is InChI=1S/C23H22N4O/c1-3-16-10-7-11-18-13-19(14-28-20-12-15(2)25-23(24)26-20)22(27-21(16)18)17-8-5-4-6-9-17/h4-13H,3,14H2,1-2H3,(H2,24,25,26). The van der Waals surface area contributed by atoms with Crippen LogP contribution in [0.15, 0.2) is 60.7 Å². The van der Waals surface area contributed by atoms with E-state index < -0.39 is 0 Å². The van der Waals surface area contributed by atoms with Crippen LogP contribution in [0, 0.1) is 6.92 Å².